The molecule has 0 aliphatic carbocycles. The maximum absolute atomic E-state index is 9.94. The van der Waals surface area contributed by atoms with Crippen molar-refractivity contribution in [2.45, 2.75) is 13.8 Å². The molecule has 0 aliphatic heterocycles. The van der Waals surface area contributed by atoms with Crippen LogP contribution in [0.5, 0.6) is 0 Å². The number of carbonyl (C=O) groups is 2. The van der Waals surface area contributed by atoms with Gasteiger partial charge in [-0.05, 0) is 13.8 Å². The van der Waals surface area contributed by atoms with Gasteiger partial charge in [-0.15, -0.1) is 0 Å². The van der Waals surface area contributed by atoms with E-state index in [0.29, 0.717) is 0 Å². The third-order valence-electron chi connectivity index (χ3n) is 0.702. The summed E-state index contributed by atoms with van der Waals surface area (Å²) in [7, 11) is 0. The van der Waals surface area contributed by atoms with Crippen molar-refractivity contribution in [3.05, 3.63) is 23.9 Å². The van der Waals surface area contributed by atoms with Gasteiger partial charge < -0.3 is 21.7 Å². The fraction of sp³-hybridized carbons (Fsp3) is 0.250. The number of aliphatic hydroxyl groups is 2. The van der Waals surface area contributed by atoms with Gasteiger partial charge in [0.1, 0.15) is 0 Å². The Morgan fingerprint density at radius 1 is 0.938 bits per heavy atom. The van der Waals surface area contributed by atoms with Crippen LogP contribution >= 0.6 is 0 Å². The molecule has 0 aromatic rings. The first kappa shape index (κ1) is 19.9. The van der Waals surface area contributed by atoms with Crippen LogP contribution in [0.15, 0.2) is 23.9 Å². The van der Waals surface area contributed by atoms with Gasteiger partial charge in [-0.1, -0.05) is 0 Å². The number of nitrogens with two attached hydrogens (primary N) is 2. The van der Waals surface area contributed by atoms with Gasteiger partial charge in [0.25, 0.3) is 0 Å². The molecule has 0 rings (SSSR count). The second kappa shape index (κ2) is 13.4. The number of allylic oxidation sites excluding steroid dienone is 2. The molecular weight excluding hydrogens is 255 g/mol. The monoisotopic (exact) mass is 269 g/mol. The van der Waals surface area contributed by atoms with Crippen molar-refractivity contribution in [2.24, 2.45) is 11.5 Å². The molecule has 0 aliphatic rings. The zero-order valence-electron chi connectivity index (χ0n) is 8.88. The summed E-state index contributed by atoms with van der Waals surface area (Å²) in [5, 5.41) is 16.3. The summed E-state index contributed by atoms with van der Waals surface area (Å²) >= 11 is 1.06. The van der Waals surface area contributed by atoms with Crippen LogP contribution in [0.2, 0.25) is 0 Å². The number of carbonyl (C=O) groups excluding carboxylic acids is 2. The van der Waals surface area contributed by atoms with Crippen LogP contribution in [0.1, 0.15) is 13.8 Å². The number of ketones is 2. The van der Waals surface area contributed by atoms with Crippen LogP contribution in [0.4, 0.5) is 0 Å². The summed E-state index contributed by atoms with van der Waals surface area (Å²) in [5.74, 6) is -1.37. The van der Waals surface area contributed by atoms with E-state index in [1.54, 1.807) is 0 Å². The standard InChI is InChI=1S/2C4H7NO2.O.V/c2*1-3(6)2-4(5)7;;/h2*2,7H,5H2,1H3;;. The molecule has 0 aromatic heterocycles. The summed E-state index contributed by atoms with van der Waals surface area (Å²) < 4.78 is 8.19. The van der Waals surface area contributed by atoms with E-state index in [9.17, 15) is 9.59 Å². The molecule has 0 heterocycles. The Morgan fingerprint density at radius 2 is 1.12 bits per heavy atom. The van der Waals surface area contributed by atoms with Crippen LogP contribution in [-0.2, 0) is 30.6 Å². The molecule has 0 aromatic carbocycles. The average molecular weight is 269 g/mol. The molecule has 0 amide bonds. The van der Waals surface area contributed by atoms with Gasteiger partial charge in [0, 0.05) is 12.2 Å². The second-order valence-electron chi connectivity index (χ2n) is 2.36. The van der Waals surface area contributed by atoms with Crippen molar-refractivity contribution in [1.82, 2.24) is 0 Å². The second-order valence-corrected chi connectivity index (χ2v) is 2.36. The molecular formula is C8H14N2O5V. The summed E-state index contributed by atoms with van der Waals surface area (Å²) in [6, 6.07) is 0. The van der Waals surface area contributed by atoms with Gasteiger partial charge in [0.2, 0.25) is 0 Å². The maximum atomic E-state index is 9.94. The van der Waals surface area contributed by atoms with Crippen molar-refractivity contribution in [2.75, 3.05) is 0 Å². The Kier molecular flexibility index (Phi) is 16.7. The Labute approximate surface area is 102 Å². The van der Waals surface area contributed by atoms with Gasteiger partial charge in [-0.25, -0.2) is 0 Å². The third-order valence-corrected chi connectivity index (χ3v) is 0.702. The predicted molar refractivity (Wildman–Crippen MR) is 51.8 cm³/mol. The van der Waals surface area contributed by atoms with E-state index in [2.05, 4.69) is 11.5 Å². The van der Waals surface area contributed by atoms with Gasteiger partial charge in [-0.2, -0.15) is 0 Å². The van der Waals surface area contributed by atoms with Crippen molar-refractivity contribution < 1.29 is 40.8 Å². The molecule has 0 unspecified atom stereocenters. The average Bonchev–Trinajstić information content (AvgIpc) is 2.03. The topological polar surface area (TPSA) is 144 Å². The number of hydrogen-bond acceptors (Lipinski definition) is 7. The van der Waals surface area contributed by atoms with Gasteiger partial charge in [-0.3, -0.25) is 9.59 Å². The van der Waals surface area contributed by atoms with Crippen LogP contribution in [0.3, 0.4) is 0 Å². The molecule has 0 bridgehead atoms. The van der Waals surface area contributed by atoms with Crippen molar-refractivity contribution >= 4 is 11.6 Å². The minimum atomic E-state index is -0.437. The Hall–Kier alpha value is -1.60. The summed E-state index contributed by atoms with van der Waals surface area (Å²) in [4.78, 5) is 19.9. The molecule has 6 N–H and O–H groups in total. The first-order valence-electron chi connectivity index (χ1n) is 3.77. The van der Waals surface area contributed by atoms with E-state index in [4.69, 9.17) is 13.9 Å². The molecule has 0 saturated heterocycles. The molecule has 0 spiro atoms. The molecule has 0 fully saturated rings. The van der Waals surface area contributed by atoms with Gasteiger partial charge in [0.05, 0.1) is 0 Å². The van der Waals surface area contributed by atoms with E-state index < -0.39 is 11.8 Å². The van der Waals surface area contributed by atoms with E-state index in [1.807, 2.05) is 0 Å². The van der Waals surface area contributed by atoms with E-state index in [0.717, 1.165) is 29.5 Å². The Morgan fingerprint density at radius 3 is 1.12 bits per heavy atom. The summed E-state index contributed by atoms with van der Waals surface area (Å²) in [5.41, 5.74) is 9.38. The fourth-order valence-electron chi connectivity index (χ4n) is 0.417. The summed E-state index contributed by atoms with van der Waals surface area (Å²) in [6.07, 6.45) is 1.89. The fourth-order valence-corrected chi connectivity index (χ4v) is 0.417. The van der Waals surface area contributed by atoms with Crippen LogP contribution in [-0.4, -0.2) is 21.8 Å². The minimum absolute atomic E-state index is 0.250. The molecule has 8 heteroatoms. The Balaban J connectivity index is -0.000000183. The molecule has 0 atom stereocenters. The molecule has 0 radical (unpaired) electrons. The van der Waals surface area contributed by atoms with Gasteiger partial charge in [0.15, 0.2) is 23.3 Å². The van der Waals surface area contributed by atoms with E-state index in [1.165, 1.54) is 13.8 Å². The van der Waals surface area contributed by atoms with Crippen LogP contribution in [0, 0.1) is 0 Å². The number of rotatable bonds is 2. The van der Waals surface area contributed by atoms with Crippen molar-refractivity contribution in [3.8, 4) is 0 Å². The SMILES string of the molecule is CC(=O)C=C(N)O.CC(=O)C=C(N)O.[O]=[V]. The van der Waals surface area contributed by atoms with E-state index in [-0.39, 0.29) is 11.6 Å². The van der Waals surface area contributed by atoms with E-state index >= 15 is 0 Å². The molecule has 16 heavy (non-hydrogen) atoms. The zero-order valence-corrected chi connectivity index (χ0v) is 10.3. The van der Waals surface area contributed by atoms with Crippen molar-refractivity contribution in [3.63, 3.8) is 0 Å². The molecule has 91 valence electrons. The normalized spacial score (nSPS) is 10.1. The first-order valence-corrected chi connectivity index (χ1v) is 4.34. The van der Waals surface area contributed by atoms with Crippen molar-refractivity contribution in [1.29, 1.82) is 0 Å². The molecule has 7 nitrogen and oxygen atoms in total. The van der Waals surface area contributed by atoms with Crippen LogP contribution in [0.25, 0.3) is 0 Å². The number of aliphatic hydroxyl groups excluding tert-OH is 2. The quantitative estimate of drug-likeness (QED) is 0.399. The zero-order chi connectivity index (χ0) is 13.7. The first-order chi connectivity index (χ1) is 7.25. The number of hydrogen-bond donors (Lipinski definition) is 4. The predicted octanol–water partition coefficient (Wildman–Crippen LogP) is -0.254. The molecule has 0 saturated carbocycles. The third kappa shape index (κ3) is 39.3. The summed E-state index contributed by atoms with van der Waals surface area (Å²) in [6.45, 7) is 2.62. The van der Waals surface area contributed by atoms with Crippen LogP contribution < -0.4 is 11.5 Å². The Bertz CT molecular complexity index is 252. The van der Waals surface area contributed by atoms with Gasteiger partial charge >= 0.3 is 21.0 Å².